The van der Waals surface area contributed by atoms with Gasteiger partial charge in [-0.05, 0) is 42.8 Å². The minimum atomic E-state index is -0.594. The van der Waals surface area contributed by atoms with E-state index in [9.17, 15) is 14.3 Å². The average Bonchev–Trinajstić information content (AvgIpc) is 2.97. The summed E-state index contributed by atoms with van der Waals surface area (Å²) in [5, 5.41) is 10.6. The van der Waals surface area contributed by atoms with Gasteiger partial charge in [-0.25, -0.2) is 9.18 Å². The fraction of sp³-hybridized carbons (Fsp3) is 0.105. The molecule has 2 aromatic carbocycles. The van der Waals surface area contributed by atoms with Crippen LogP contribution in [0.5, 0.6) is 5.75 Å². The number of aromatic hydroxyl groups is 1. The Bertz CT molecular complexity index is 923. The number of carbonyl (C=O) groups excluding carboxylic acids is 1. The first-order valence-corrected chi connectivity index (χ1v) is 7.29. The fourth-order valence-corrected chi connectivity index (χ4v) is 2.70. The van der Waals surface area contributed by atoms with E-state index in [4.69, 9.17) is 9.15 Å². The molecule has 0 saturated carbocycles. The number of furan rings is 1. The van der Waals surface area contributed by atoms with Crippen LogP contribution in [0.4, 0.5) is 4.39 Å². The highest BCUT2D eigenvalue weighted by atomic mass is 19.1. The van der Waals surface area contributed by atoms with Crippen LogP contribution in [0.3, 0.4) is 0 Å². The number of hydrogen-bond donors (Lipinski definition) is 1. The molecule has 0 saturated heterocycles. The molecular formula is C19H15FO4. The lowest BCUT2D eigenvalue weighted by atomic mass is 9.99. The van der Waals surface area contributed by atoms with Crippen LogP contribution in [0.25, 0.3) is 22.3 Å². The topological polar surface area (TPSA) is 59.7 Å². The highest BCUT2D eigenvalue weighted by molar-refractivity contribution is 6.10. The monoisotopic (exact) mass is 326 g/mol. The summed E-state index contributed by atoms with van der Waals surface area (Å²) in [6.07, 6.45) is 1.98. The second kappa shape index (κ2) is 6.20. The van der Waals surface area contributed by atoms with Crippen molar-refractivity contribution in [2.75, 3.05) is 7.11 Å². The summed E-state index contributed by atoms with van der Waals surface area (Å²) in [5.41, 5.74) is 1.70. The summed E-state index contributed by atoms with van der Waals surface area (Å²) in [5.74, 6) is -0.671. The molecule has 1 N–H and O–H groups in total. The van der Waals surface area contributed by atoms with Crippen molar-refractivity contribution in [3.8, 4) is 17.1 Å². The molecule has 0 unspecified atom stereocenters. The number of halogens is 1. The maximum Gasteiger partial charge on any atom is 0.342 e. The van der Waals surface area contributed by atoms with Crippen LogP contribution in [-0.4, -0.2) is 18.2 Å². The first-order valence-electron chi connectivity index (χ1n) is 7.29. The molecule has 0 radical (unpaired) electrons. The van der Waals surface area contributed by atoms with Crippen LogP contribution < -0.4 is 0 Å². The second-order valence-corrected chi connectivity index (χ2v) is 5.23. The molecule has 24 heavy (non-hydrogen) atoms. The highest BCUT2D eigenvalue weighted by Gasteiger charge is 2.26. The molecule has 0 aliphatic heterocycles. The molecule has 0 amide bonds. The predicted octanol–water partition coefficient (Wildman–Crippen LogP) is 4.46. The number of methoxy groups -OCH3 is 1. The zero-order chi connectivity index (χ0) is 17.3. The average molecular weight is 326 g/mol. The normalized spacial score (nSPS) is 10.8. The smallest absolute Gasteiger partial charge is 0.342 e. The fourth-order valence-electron chi connectivity index (χ4n) is 2.70. The second-order valence-electron chi connectivity index (χ2n) is 5.23. The van der Waals surface area contributed by atoms with E-state index >= 15 is 0 Å². The number of benzene rings is 2. The number of hydrogen-bond acceptors (Lipinski definition) is 4. The molecule has 3 aromatic rings. The van der Waals surface area contributed by atoms with E-state index in [0.717, 1.165) is 0 Å². The predicted molar refractivity (Wildman–Crippen MR) is 88.5 cm³/mol. The van der Waals surface area contributed by atoms with Crippen molar-refractivity contribution in [1.29, 1.82) is 0 Å². The van der Waals surface area contributed by atoms with Crippen LogP contribution >= 0.6 is 0 Å². The van der Waals surface area contributed by atoms with E-state index in [2.05, 4.69) is 6.58 Å². The summed E-state index contributed by atoms with van der Waals surface area (Å²) in [4.78, 5) is 12.4. The first-order chi connectivity index (χ1) is 11.6. The van der Waals surface area contributed by atoms with E-state index in [1.165, 1.54) is 37.4 Å². The molecule has 0 fully saturated rings. The van der Waals surface area contributed by atoms with E-state index in [0.29, 0.717) is 28.5 Å². The van der Waals surface area contributed by atoms with Crippen molar-refractivity contribution >= 4 is 16.9 Å². The minimum absolute atomic E-state index is 0.0407. The third kappa shape index (κ3) is 2.54. The molecule has 0 bridgehead atoms. The summed E-state index contributed by atoms with van der Waals surface area (Å²) in [6, 6.07) is 8.69. The zero-order valence-corrected chi connectivity index (χ0v) is 13.0. The van der Waals surface area contributed by atoms with Crippen LogP contribution in [0, 0.1) is 5.82 Å². The van der Waals surface area contributed by atoms with Gasteiger partial charge in [0.1, 0.15) is 28.5 Å². The van der Waals surface area contributed by atoms with E-state index in [1.807, 2.05) is 0 Å². The molecule has 5 heteroatoms. The Morgan fingerprint density at radius 3 is 2.62 bits per heavy atom. The molecule has 0 atom stereocenters. The number of fused-ring (bicyclic) bond motifs is 1. The summed E-state index contributed by atoms with van der Waals surface area (Å²) in [7, 11) is 1.27. The van der Waals surface area contributed by atoms with Crippen LogP contribution in [0.2, 0.25) is 0 Å². The first kappa shape index (κ1) is 15.8. The number of esters is 1. The van der Waals surface area contributed by atoms with Gasteiger partial charge in [-0.1, -0.05) is 6.08 Å². The summed E-state index contributed by atoms with van der Waals surface area (Å²) >= 11 is 0. The van der Waals surface area contributed by atoms with Crippen LogP contribution in [0.15, 0.2) is 53.5 Å². The Morgan fingerprint density at radius 2 is 2.00 bits per heavy atom. The quantitative estimate of drug-likeness (QED) is 0.568. The lowest BCUT2D eigenvalue weighted by Gasteiger charge is -2.05. The van der Waals surface area contributed by atoms with Crippen molar-refractivity contribution in [3.05, 3.63) is 66.0 Å². The largest absolute Gasteiger partial charge is 0.508 e. The van der Waals surface area contributed by atoms with Crippen molar-refractivity contribution < 1.29 is 23.4 Å². The zero-order valence-electron chi connectivity index (χ0n) is 13.0. The van der Waals surface area contributed by atoms with Crippen molar-refractivity contribution in [2.24, 2.45) is 0 Å². The SMILES string of the molecule is C=CCc1c(O)ccc2oc(-c3ccc(F)cc3)c(C(=O)OC)c12. The summed E-state index contributed by atoms with van der Waals surface area (Å²) < 4.78 is 23.9. The van der Waals surface area contributed by atoms with E-state index < -0.39 is 5.97 Å². The minimum Gasteiger partial charge on any atom is -0.508 e. The number of ether oxygens (including phenoxy) is 1. The Balaban J connectivity index is 2.37. The van der Waals surface area contributed by atoms with Crippen molar-refractivity contribution in [3.63, 3.8) is 0 Å². The Kier molecular flexibility index (Phi) is 4.08. The molecule has 4 nitrogen and oxygen atoms in total. The van der Waals surface area contributed by atoms with Gasteiger partial charge in [0.25, 0.3) is 0 Å². The lowest BCUT2D eigenvalue weighted by molar-refractivity contribution is 0.0603. The number of phenols is 1. The molecule has 1 heterocycles. The Hall–Kier alpha value is -3.08. The third-order valence-electron chi connectivity index (χ3n) is 3.78. The van der Waals surface area contributed by atoms with Gasteiger partial charge in [0, 0.05) is 16.5 Å². The van der Waals surface area contributed by atoms with Gasteiger partial charge < -0.3 is 14.3 Å². The van der Waals surface area contributed by atoms with Gasteiger partial charge in [-0.15, -0.1) is 6.58 Å². The molecule has 0 spiro atoms. The van der Waals surface area contributed by atoms with Gasteiger partial charge in [0.15, 0.2) is 0 Å². The maximum absolute atomic E-state index is 13.2. The third-order valence-corrected chi connectivity index (χ3v) is 3.78. The van der Waals surface area contributed by atoms with Gasteiger partial charge in [0.05, 0.1) is 7.11 Å². The molecule has 3 rings (SSSR count). The van der Waals surface area contributed by atoms with Crippen LogP contribution in [0.1, 0.15) is 15.9 Å². The number of phenolic OH excluding ortho intramolecular Hbond substituents is 1. The number of allylic oxidation sites excluding steroid dienone is 1. The molecule has 0 aliphatic rings. The van der Waals surface area contributed by atoms with Gasteiger partial charge in [-0.3, -0.25) is 0 Å². The molecule has 0 aliphatic carbocycles. The van der Waals surface area contributed by atoms with E-state index in [-0.39, 0.29) is 22.9 Å². The lowest BCUT2D eigenvalue weighted by Crippen LogP contribution is -2.03. The van der Waals surface area contributed by atoms with Gasteiger partial charge in [0.2, 0.25) is 0 Å². The van der Waals surface area contributed by atoms with Gasteiger partial charge in [-0.2, -0.15) is 0 Å². The Morgan fingerprint density at radius 1 is 1.29 bits per heavy atom. The van der Waals surface area contributed by atoms with Crippen molar-refractivity contribution in [2.45, 2.75) is 6.42 Å². The maximum atomic E-state index is 13.2. The highest BCUT2D eigenvalue weighted by Crippen LogP contribution is 2.39. The van der Waals surface area contributed by atoms with Crippen molar-refractivity contribution in [1.82, 2.24) is 0 Å². The number of rotatable bonds is 4. The molecule has 1 aromatic heterocycles. The Labute approximate surface area is 137 Å². The van der Waals surface area contributed by atoms with Crippen LogP contribution in [-0.2, 0) is 11.2 Å². The molecule has 122 valence electrons. The molecular weight excluding hydrogens is 311 g/mol. The van der Waals surface area contributed by atoms with Gasteiger partial charge >= 0.3 is 5.97 Å². The number of carbonyl (C=O) groups is 1. The standard InChI is InChI=1S/C19H15FO4/c1-3-4-13-14(21)9-10-15-16(13)17(19(22)23-2)18(24-15)11-5-7-12(20)8-6-11/h3,5-10,21H,1,4H2,2H3. The summed E-state index contributed by atoms with van der Waals surface area (Å²) in [6.45, 7) is 3.67. The van der Waals surface area contributed by atoms with E-state index in [1.54, 1.807) is 12.1 Å².